The number of nitrogens with one attached hydrogen (secondary N) is 1. The first-order valence-electron chi connectivity index (χ1n) is 9.13. The van der Waals surface area contributed by atoms with Gasteiger partial charge in [0.05, 0.1) is 5.60 Å². The van der Waals surface area contributed by atoms with Crippen molar-refractivity contribution in [3.8, 4) is 11.5 Å². The average Bonchev–Trinajstić information content (AvgIpc) is 2.63. The smallest absolute Gasteiger partial charge is 0.127 e. The van der Waals surface area contributed by atoms with Crippen molar-refractivity contribution in [2.45, 2.75) is 43.7 Å². The summed E-state index contributed by atoms with van der Waals surface area (Å²) in [6.45, 7) is 0.861. The number of halogens is 1. The van der Waals surface area contributed by atoms with Crippen LogP contribution in [0.3, 0.4) is 0 Å². The number of hydrogen-bond donors (Lipinski definition) is 2. The van der Waals surface area contributed by atoms with E-state index in [2.05, 4.69) is 17.4 Å². The maximum atomic E-state index is 11.1. The fraction of sp³-hybridized carbons (Fsp3) is 0.429. The van der Waals surface area contributed by atoms with E-state index in [1.54, 1.807) is 0 Å². The number of aliphatic hydroxyl groups is 1. The van der Waals surface area contributed by atoms with Crippen molar-refractivity contribution in [2.24, 2.45) is 5.92 Å². The predicted molar refractivity (Wildman–Crippen MR) is 100 cm³/mol. The van der Waals surface area contributed by atoms with Crippen molar-refractivity contribution in [2.75, 3.05) is 6.54 Å². The molecule has 1 aliphatic carbocycles. The number of benzene rings is 2. The van der Waals surface area contributed by atoms with Crippen LogP contribution in [-0.2, 0) is 0 Å². The van der Waals surface area contributed by atoms with Gasteiger partial charge in [-0.15, -0.1) is 0 Å². The van der Waals surface area contributed by atoms with Crippen molar-refractivity contribution < 1.29 is 9.84 Å². The standard InChI is InChI=1S/C21H24ClNO2/c22-16-7-9-17(10-8-16)25-18-5-3-4-15(14-18)20-19-6-1-2-11-21(19,24)12-13-23-20/h3-5,7-10,14,19-20,23-24H,1-2,6,11-13H2/t19-,20+,21-/m0/s1. The van der Waals surface area contributed by atoms with Crippen LogP contribution in [0.1, 0.15) is 43.7 Å². The zero-order valence-electron chi connectivity index (χ0n) is 14.2. The summed E-state index contributed by atoms with van der Waals surface area (Å²) < 4.78 is 5.98. The van der Waals surface area contributed by atoms with E-state index in [0.29, 0.717) is 5.02 Å². The van der Waals surface area contributed by atoms with Crippen LogP contribution >= 0.6 is 11.6 Å². The van der Waals surface area contributed by atoms with Crippen LogP contribution in [0.25, 0.3) is 0 Å². The molecule has 4 rings (SSSR count). The third-order valence-electron chi connectivity index (χ3n) is 5.66. The van der Waals surface area contributed by atoms with Gasteiger partial charge in [0, 0.05) is 17.0 Å². The first-order chi connectivity index (χ1) is 12.1. The molecule has 1 saturated carbocycles. The SMILES string of the molecule is O[C@]12CCCC[C@H]1[C@@H](c1cccc(Oc3ccc(Cl)cc3)c1)NCC2. The number of piperidine rings is 1. The number of rotatable bonds is 3. The second kappa shape index (κ2) is 6.99. The molecule has 1 saturated heterocycles. The normalized spacial score (nSPS) is 29.0. The molecule has 2 N–H and O–H groups in total. The van der Waals surface area contributed by atoms with Crippen LogP contribution < -0.4 is 10.1 Å². The highest BCUT2D eigenvalue weighted by atomic mass is 35.5. The predicted octanol–water partition coefficient (Wildman–Crippen LogP) is 5.09. The summed E-state index contributed by atoms with van der Waals surface area (Å²) in [5.41, 5.74) is 0.679. The van der Waals surface area contributed by atoms with Crippen LogP contribution in [0.5, 0.6) is 11.5 Å². The third-order valence-corrected chi connectivity index (χ3v) is 5.91. The lowest BCUT2D eigenvalue weighted by molar-refractivity contribution is -0.0861. The highest BCUT2D eigenvalue weighted by Gasteiger charge is 2.45. The van der Waals surface area contributed by atoms with E-state index in [0.717, 1.165) is 43.7 Å². The van der Waals surface area contributed by atoms with Gasteiger partial charge in [-0.1, -0.05) is 36.6 Å². The molecule has 0 spiro atoms. The van der Waals surface area contributed by atoms with Gasteiger partial charge in [-0.25, -0.2) is 0 Å². The molecule has 2 aromatic carbocycles. The molecule has 1 aliphatic heterocycles. The van der Waals surface area contributed by atoms with Gasteiger partial charge in [-0.3, -0.25) is 0 Å². The zero-order valence-corrected chi connectivity index (χ0v) is 15.0. The van der Waals surface area contributed by atoms with E-state index in [4.69, 9.17) is 16.3 Å². The van der Waals surface area contributed by atoms with Crippen LogP contribution in [0.15, 0.2) is 48.5 Å². The maximum absolute atomic E-state index is 11.1. The third kappa shape index (κ3) is 3.55. The van der Waals surface area contributed by atoms with Gasteiger partial charge in [0.2, 0.25) is 0 Å². The Balaban J connectivity index is 1.57. The lowest BCUT2D eigenvalue weighted by Gasteiger charge is -2.48. The van der Waals surface area contributed by atoms with E-state index >= 15 is 0 Å². The number of hydrogen-bond acceptors (Lipinski definition) is 3. The first kappa shape index (κ1) is 16.9. The molecule has 0 radical (unpaired) electrons. The monoisotopic (exact) mass is 357 g/mol. The Morgan fingerprint density at radius 3 is 2.72 bits per heavy atom. The molecule has 3 atom stereocenters. The molecule has 0 bridgehead atoms. The van der Waals surface area contributed by atoms with Gasteiger partial charge in [0.1, 0.15) is 11.5 Å². The molecular weight excluding hydrogens is 334 g/mol. The van der Waals surface area contributed by atoms with Crippen molar-refractivity contribution >= 4 is 11.6 Å². The van der Waals surface area contributed by atoms with E-state index in [-0.39, 0.29) is 12.0 Å². The largest absolute Gasteiger partial charge is 0.457 e. The topological polar surface area (TPSA) is 41.5 Å². The first-order valence-corrected chi connectivity index (χ1v) is 9.51. The van der Waals surface area contributed by atoms with Crippen LogP contribution in [0.2, 0.25) is 5.02 Å². The fourth-order valence-corrected chi connectivity index (χ4v) is 4.51. The second-order valence-corrected chi connectivity index (χ2v) is 7.70. The van der Waals surface area contributed by atoms with E-state index in [1.165, 1.54) is 12.0 Å². The lowest BCUT2D eigenvalue weighted by Crippen LogP contribution is -2.53. The number of ether oxygens (including phenoxy) is 1. The molecular formula is C21H24ClNO2. The Morgan fingerprint density at radius 1 is 1.04 bits per heavy atom. The highest BCUT2D eigenvalue weighted by molar-refractivity contribution is 6.30. The molecule has 2 aromatic rings. The minimum Gasteiger partial charge on any atom is -0.457 e. The second-order valence-electron chi connectivity index (χ2n) is 7.27. The summed E-state index contributed by atoms with van der Waals surface area (Å²) >= 11 is 5.93. The maximum Gasteiger partial charge on any atom is 0.127 e. The Bertz CT molecular complexity index is 729. The van der Waals surface area contributed by atoms with Gasteiger partial charge < -0.3 is 15.2 Å². The van der Waals surface area contributed by atoms with Crippen LogP contribution in [0, 0.1) is 5.92 Å². The summed E-state index contributed by atoms with van der Waals surface area (Å²) in [6, 6.07) is 15.8. The Hall–Kier alpha value is -1.55. The summed E-state index contributed by atoms with van der Waals surface area (Å²) in [5, 5.41) is 15.4. The van der Waals surface area contributed by atoms with Crippen molar-refractivity contribution in [3.05, 3.63) is 59.1 Å². The Kier molecular flexibility index (Phi) is 4.72. The molecule has 132 valence electrons. The van der Waals surface area contributed by atoms with Crippen LogP contribution in [-0.4, -0.2) is 17.3 Å². The molecule has 4 heteroatoms. The molecule has 3 nitrogen and oxygen atoms in total. The molecule has 1 heterocycles. The number of fused-ring (bicyclic) bond motifs is 1. The molecule has 0 amide bonds. The molecule has 0 unspecified atom stereocenters. The van der Waals surface area contributed by atoms with E-state index < -0.39 is 5.60 Å². The highest BCUT2D eigenvalue weighted by Crippen LogP contribution is 2.46. The molecule has 2 aliphatic rings. The van der Waals surface area contributed by atoms with Gasteiger partial charge in [0.15, 0.2) is 0 Å². The van der Waals surface area contributed by atoms with Gasteiger partial charge in [-0.2, -0.15) is 0 Å². The quantitative estimate of drug-likeness (QED) is 0.804. The lowest BCUT2D eigenvalue weighted by atomic mass is 9.67. The summed E-state index contributed by atoms with van der Waals surface area (Å²) in [7, 11) is 0. The molecule has 25 heavy (non-hydrogen) atoms. The van der Waals surface area contributed by atoms with Crippen molar-refractivity contribution in [1.82, 2.24) is 5.32 Å². The Morgan fingerprint density at radius 2 is 1.88 bits per heavy atom. The van der Waals surface area contributed by atoms with E-state index in [9.17, 15) is 5.11 Å². The fourth-order valence-electron chi connectivity index (χ4n) is 4.38. The summed E-state index contributed by atoms with van der Waals surface area (Å²) in [4.78, 5) is 0. The minimum atomic E-state index is -0.513. The van der Waals surface area contributed by atoms with Gasteiger partial charge in [0.25, 0.3) is 0 Å². The van der Waals surface area contributed by atoms with Crippen molar-refractivity contribution in [3.63, 3.8) is 0 Å². The zero-order chi connectivity index (χ0) is 17.3. The minimum absolute atomic E-state index is 0.188. The summed E-state index contributed by atoms with van der Waals surface area (Å²) in [6.07, 6.45) is 5.20. The average molecular weight is 358 g/mol. The molecule has 0 aromatic heterocycles. The Labute approximate surface area is 154 Å². The van der Waals surface area contributed by atoms with Crippen molar-refractivity contribution in [1.29, 1.82) is 0 Å². The van der Waals surface area contributed by atoms with Gasteiger partial charge in [-0.05, 0) is 67.8 Å². The van der Waals surface area contributed by atoms with Crippen LogP contribution in [0.4, 0.5) is 0 Å². The molecule has 2 fully saturated rings. The van der Waals surface area contributed by atoms with Gasteiger partial charge >= 0.3 is 0 Å². The van der Waals surface area contributed by atoms with E-state index in [1.807, 2.05) is 36.4 Å². The summed E-state index contributed by atoms with van der Waals surface area (Å²) in [5.74, 6) is 1.86.